The average Bonchev–Trinajstić information content (AvgIpc) is 3.57. The zero-order valence-electron chi connectivity index (χ0n) is 17.0. The number of piperidine rings is 1. The number of nitrogens with zero attached hydrogens (tertiary/aromatic N) is 4. The van der Waals surface area contributed by atoms with E-state index in [1.54, 1.807) is 6.20 Å². The molecule has 31 heavy (non-hydrogen) atoms. The van der Waals surface area contributed by atoms with E-state index in [9.17, 15) is 10.1 Å². The Kier molecular flexibility index (Phi) is 5.53. The Morgan fingerprint density at radius 1 is 1.26 bits per heavy atom. The summed E-state index contributed by atoms with van der Waals surface area (Å²) in [4.78, 5) is 23.5. The van der Waals surface area contributed by atoms with Gasteiger partial charge in [0.25, 0.3) is 0 Å². The highest BCUT2D eigenvalue weighted by Gasteiger charge is 2.32. The van der Waals surface area contributed by atoms with Crippen molar-refractivity contribution in [3.05, 3.63) is 48.2 Å². The van der Waals surface area contributed by atoms with E-state index in [4.69, 9.17) is 9.72 Å². The van der Waals surface area contributed by atoms with Crippen LogP contribution in [-0.4, -0.2) is 35.1 Å². The van der Waals surface area contributed by atoms with E-state index in [0.717, 1.165) is 40.2 Å². The van der Waals surface area contributed by atoms with Gasteiger partial charge in [-0.1, -0.05) is 41.7 Å². The molecule has 1 aromatic carbocycles. The Hall–Kier alpha value is -3.02. The fraction of sp³-hybridized carbons (Fsp3) is 0.391. The number of nitriles is 1. The van der Waals surface area contributed by atoms with Crippen LogP contribution < -0.4 is 10.2 Å². The molecule has 1 amide bonds. The van der Waals surface area contributed by atoms with Gasteiger partial charge < -0.3 is 15.0 Å². The van der Waals surface area contributed by atoms with E-state index in [1.165, 1.54) is 11.3 Å². The van der Waals surface area contributed by atoms with Crippen LogP contribution in [0.3, 0.4) is 0 Å². The molecule has 1 N–H and O–H groups in total. The molecule has 2 atom stereocenters. The van der Waals surface area contributed by atoms with Gasteiger partial charge in [0.1, 0.15) is 0 Å². The molecule has 2 aliphatic rings. The van der Waals surface area contributed by atoms with Crippen molar-refractivity contribution in [2.75, 3.05) is 23.3 Å². The summed E-state index contributed by atoms with van der Waals surface area (Å²) in [6, 6.07) is 14.3. The molecule has 7 nitrogen and oxygen atoms in total. The number of nitrogens with one attached hydrogen (secondary N) is 1. The standard InChI is InChI=1S/C23H23N5O2S/c24-11-16-10-18(30-14-15-4-2-1-3-5-15)13-28(12-16)23-26-19-8-9-25-21(20(19)31-23)27-22(29)17-6-7-17/h1-5,8-9,16-18H,6-7,10,12-14H2,(H,25,27,29). The van der Waals surface area contributed by atoms with E-state index in [-0.39, 0.29) is 23.8 Å². The maximum Gasteiger partial charge on any atom is 0.228 e. The number of anilines is 2. The van der Waals surface area contributed by atoms with Crippen molar-refractivity contribution in [2.45, 2.75) is 32.0 Å². The molecule has 5 rings (SSSR count). The molecule has 1 aliphatic carbocycles. The van der Waals surface area contributed by atoms with Gasteiger partial charge in [0.2, 0.25) is 5.91 Å². The second-order valence-electron chi connectivity index (χ2n) is 8.15. The summed E-state index contributed by atoms with van der Waals surface area (Å²) in [7, 11) is 0. The van der Waals surface area contributed by atoms with Crippen LogP contribution in [0.1, 0.15) is 24.8 Å². The Morgan fingerprint density at radius 2 is 2.10 bits per heavy atom. The molecule has 2 fully saturated rings. The van der Waals surface area contributed by atoms with Crippen molar-refractivity contribution in [2.24, 2.45) is 11.8 Å². The molecular formula is C23H23N5O2S. The summed E-state index contributed by atoms with van der Waals surface area (Å²) in [6.07, 6.45) is 4.24. The predicted molar refractivity (Wildman–Crippen MR) is 120 cm³/mol. The molecule has 3 heterocycles. The van der Waals surface area contributed by atoms with Crippen LogP contribution in [0, 0.1) is 23.2 Å². The summed E-state index contributed by atoms with van der Waals surface area (Å²) in [5.41, 5.74) is 1.93. The monoisotopic (exact) mass is 433 g/mol. The smallest absolute Gasteiger partial charge is 0.228 e. The largest absolute Gasteiger partial charge is 0.372 e. The second-order valence-corrected chi connectivity index (χ2v) is 9.13. The quantitative estimate of drug-likeness (QED) is 0.632. The molecule has 0 spiro atoms. The summed E-state index contributed by atoms with van der Waals surface area (Å²) in [6.45, 7) is 1.83. The minimum absolute atomic E-state index is 0.0341. The van der Waals surface area contributed by atoms with Crippen molar-refractivity contribution in [3.8, 4) is 6.07 Å². The fourth-order valence-corrected chi connectivity index (χ4v) is 4.87. The lowest BCUT2D eigenvalue weighted by molar-refractivity contribution is -0.117. The molecule has 2 unspecified atom stereocenters. The third-order valence-corrected chi connectivity index (χ3v) is 6.82. The summed E-state index contributed by atoms with van der Waals surface area (Å²) < 4.78 is 7.02. The first kappa shape index (κ1) is 19.9. The number of hydrogen-bond donors (Lipinski definition) is 1. The molecule has 1 saturated heterocycles. The maximum atomic E-state index is 12.2. The van der Waals surface area contributed by atoms with Crippen molar-refractivity contribution in [1.29, 1.82) is 5.26 Å². The molecular weight excluding hydrogens is 410 g/mol. The van der Waals surface area contributed by atoms with Gasteiger partial charge in [0, 0.05) is 25.2 Å². The first-order valence-electron chi connectivity index (χ1n) is 10.6. The molecule has 0 radical (unpaired) electrons. The molecule has 158 valence electrons. The number of pyridine rings is 1. The summed E-state index contributed by atoms with van der Waals surface area (Å²) >= 11 is 1.51. The molecule has 0 bridgehead atoms. The zero-order valence-corrected chi connectivity index (χ0v) is 17.8. The lowest BCUT2D eigenvalue weighted by atomic mass is 9.97. The van der Waals surface area contributed by atoms with Crippen LogP contribution in [-0.2, 0) is 16.1 Å². The van der Waals surface area contributed by atoms with Crippen LogP contribution in [0.5, 0.6) is 0 Å². The number of carbonyl (C=O) groups excluding carboxylic acids is 1. The van der Waals surface area contributed by atoms with Crippen molar-refractivity contribution >= 4 is 38.4 Å². The summed E-state index contributed by atoms with van der Waals surface area (Å²) in [5.74, 6) is 0.606. The molecule has 1 aliphatic heterocycles. The van der Waals surface area contributed by atoms with E-state index < -0.39 is 0 Å². The van der Waals surface area contributed by atoms with Crippen molar-refractivity contribution in [3.63, 3.8) is 0 Å². The van der Waals surface area contributed by atoms with Crippen molar-refractivity contribution in [1.82, 2.24) is 9.97 Å². The molecule has 3 aromatic rings. The number of rotatable bonds is 6. The van der Waals surface area contributed by atoms with Gasteiger partial charge >= 0.3 is 0 Å². The Labute approximate surface area is 184 Å². The van der Waals surface area contributed by atoms with Crippen LogP contribution in [0.15, 0.2) is 42.6 Å². The second kappa shape index (κ2) is 8.61. The van der Waals surface area contributed by atoms with E-state index in [0.29, 0.717) is 25.5 Å². The topological polar surface area (TPSA) is 91.1 Å². The third kappa shape index (κ3) is 4.53. The first-order valence-corrected chi connectivity index (χ1v) is 11.4. The maximum absolute atomic E-state index is 12.2. The van der Waals surface area contributed by atoms with Crippen LogP contribution in [0.25, 0.3) is 10.2 Å². The Morgan fingerprint density at radius 3 is 2.87 bits per heavy atom. The predicted octanol–water partition coefficient (Wildman–Crippen LogP) is 3.98. The average molecular weight is 434 g/mol. The molecule has 1 saturated carbocycles. The van der Waals surface area contributed by atoms with Gasteiger partial charge in [-0.25, -0.2) is 9.97 Å². The zero-order chi connectivity index (χ0) is 21.2. The highest BCUT2D eigenvalue weighted by atomic mass is 32.1. The lowest BCUT2D eigenvalue weighted by Crippen LogP contribution is -2.44. The normalized spacial score (nSPS) is 21.1. The minimum Gasteiger partial charge on any atom is -0.372 e. The Bertz CT molecular complexity index is 1120. The Balaban J connectivity index is 1.34. The minimum atomic E-state index is -0.117. The number of benzene rings is 1. The molecule has 8 heteroatoms. The van der Waals surface area contributed by atoms with Gasteiger partial charge in [-0.2, -0.15) is 5.26 Å². The molecule has 2 aromatic heterocycles. The van der Waals surface area contributed by atoms with Crippen LogP contribution in [0.2, 0.25) is 0 Å². The van der Waals surface area contributed by atoms with Gasteiger partial charge in [0.15, 0.2) is 10.9 Å². The summed E-state index contributed by atoms with van der Waals surface area (Å²) in [5, 5.41) is 13.4. The van der Waals surface area contributed by atoms with Gasteiger partial charge in [0.05, 0.1) is 34.9 Å². The highest BCUT2D eigenvalue weighted by molar-refractivity contribution is 7.22. The van der Waals surface area contributed by atoms with Crippen LogP contribution in [0.4, 0.5) is 10.9 Å². The lowest BCUT2D eigenvalue weighted by Gasteiger charge is -2.35. The number of aromatic nitrogens is 2. The van der Waals surface area contributed by atoms with Gasteiger partial charge in [-0.3, -0.25) is 4.79 Å². The van der Waals surface area contributed by atoms with Gasteiger partial charge in [-0.05, 0) is 30.9 Å². The number of amides is 1. The highest BCUT2D eigenvalue weighted by Crippen LogP contribution is 2.36. The fourth-order valence-electron chi connectivity index (χ4n) is 3.84. The van der Waals surface area contributed by atoms with E-state index >= 15 is 0 Å². The van der Waals surface area contributed by atoms with E-state index in [2.05, 4.69) is 21.3 Å². The number of ether oxygens (including phenoxy) is 1. The van der Waals surface area contributed by atoms with Crippen LogP contribution >= 0.6 is 11.3 Å². The number of thiazole rings is 1. The third-order valence-electron chi connectivity index (χ3n) is 5.68. The number of carbonyl (C=O) groups is 1. The van der Waals surface area contributed by atoms with Crippen molar-refractivity contribution < 1.29 is 9.53 Å². The number of fused-ring (bicyclic) bond motifs is 1. The van der Waals surface area contributed by atoms with Gasteiger partial charge in [-0.15, -0.1) is 0 Å². The SMILES string of the molecule is N#CC1CC(OCc2ccccc2)CN(c2nc3ccnc(NC(=O)C4CC4)c3s2)C1. The first-order chi connectivity index (χ1) is 15.2. The van der Waals surface area contributed by atoms with E-state index in [1.807, 2.05) is 36.4 Å². The number of hydrogen-bond acceptors (Lipinski definition) is 7.